The van der Waals surface area contributed by atoms with Crippen molar-refractivity contribution in [2.45, 2.75) is 37.8 Å². The Bertz CT molecular complexity index is 576. The van der Waals surface area contributed by atoms with Crippen molar-refractivity contribution in [2.75, 3.05) is 39.8 Å². The Morgan fingerprint density at radius 2 is 1.83 bits per heavy atom. The fraction of sp³-hybridized carbons (Fsp3) is 0.650. The van der Waals surface area contributed by atoms with Crippen LogP contribution in [0, 0.1) is 5.92 Å². The monoisotopic (exact) mass is 327 g/mol. The Labute approximate surface area is 145 Å². The highest BCUT2D eigenvalue weighted by Crippen LogP contribution is 2.45. The summed E-state index contributed by atoms with van der Waals surface area (Å²) in [7, 11) is 2.16. The molecule has 4 rings (SSSR count). The van der Waals surface area contributed by atoms with Crippen LogP contribution in [-0.2, 0) is 4.79 Å². The van der Waals surface area contributed by atoms with E-state index in [0.29, 0.717) is 18.0 Å². The minimum Gasteiger partial charge on any atom is -0.341 e. The van der Waals surface area contributed by atoms with Crippen molar-refractivity contribution in [2.24, 2.45) is 5.92 Å². The van der Waals surface area contributed by atoms with E-state index < -0.39 is 0 Å². The van der Waals surface area contributed by atoms with Gasteiger partial charge in [0.05, 0.1) is 5.92 Å². The largest absolute Gasteiger partial charge is 0.341 e. The van der Waals surface area contributed by atoms with Crippen LogP contribution < -0.4 is 0 Å². The molecule has 4 heteroatoms. The molecule has 1 amide bonds. The number of hydrogen-bond acceptors (Lipinski definition) is 3. The van der Waals surface area contributed by atoms with Crippen molar-refractivity contribution in [3.05, 3.63) is 35.9 Å². The van der Waals surface area contributed by atoms with Gasteiger partial charge in [0.1, 0.15) is 0 Å². The SMILES string of the molecule is CN1CCCN(C(=O)[C@@H]2C[C@H](c3ccccc3)N3CCC[C@@H]23)CC1. The van der Waals surface area contributed by atoms with Gasteiger partial charge in [0.25, 0.3) is 0 Å². The first kappa shape index (κ1) is 16.1. The van der Waals surface area contributed by atoms with Gasteiger partial charge in [-0.15, -0.1) is 0 Å². The Morgan fingerprint density at radius 3 is 2.67 bits per heavy atom. The summed E-state index contributed by atoms with van der Waals surface area (Å²) in [6.07, 6.45) is 4.53. The molecule has 0 aromatic heterocycles. The first-order chi connectivity index (χ1) is 11.7. The van der Waals surface area contributed by atoms with Crippen molar-refractivity contribution in [3.63, 3.8) is 0 Å². The van der Waals surface area contributed by atoms with Crippen molar-refractivity contribution >= 4 is 5.91 Å². The van der Waals surface area contributed by atoms with E-state index >= 15 is 0 Å². The summed E-state index contributed by atoms with van der Waals surface area (Å²) in [5, 5.41) is 0. The van der Waals surface area contributed by atoms with Gasteiger partial charge in [-0.05, 0) is 51.4 Å². The van der Waals surface area contributed by atoms with Crippen LogP contribution in [0.25, 0.3) is 0 Å². The smallest absolute Gasteiger partial charge is 0.227 e. The molecule has 3 heterocycles. The van der Waals surface area contributed by atoms with Gasteiger partial charge in [-0.1, -0.05) is 30.3 Å². The molecule has 0 bridgehead atoms. The third kappa shape index (κ3) is 2.98. The molecular weight excluding hydrogens is 298 g/mol. The van der Waals surface area contributed by atoms with E-state index in [2.05, 4.69) is 52.1 Å². The third-order valence-corrected chi connectivity index (χ3v) is 6.22. The second-order valence-corrected chi connectivity index (χ2v) is 7.70. The molecular formula is C20H29N3O. The van der Waals surface area contributed by atoms with Gasteiger partial charge in [0, 0.05) is 31.7 Å². The van der Waals surface area contributed by atoms with Crippen molar-refractivity contribution < 1.29 is 4.79 Å². The van der Waals surface area contributed by atoms with Crippen molar-refractivity contribution in [3.8, 4) is 0 Å². The maximum Gasteiger partial charge on any atom is 0.227 e. The van der Waals surface area contributed by atoms with Crippen LogP contribution in [0.15, 0.2) is 30.3 Å². The highest BCUT2D eigenvalue weighted by Gasteiger charge is 2.48. The molecule has 1 aromatic carbocycles. The fourth-order valence-electron chi connectivity index (χ4n) is 4.94. The average molecular weight is 327 g/mol. The van der Waals surface area contributed by atoms with E-state index in [9.17, 15) is 4.79 Å². The molecule has 0 unspecified atom stereocenters. The highest BCUT2D eigenvalue weighted by atomic mass is 16.2. The number of amides is 1. The summed E-state index contributed by atoms with van der Waals surface area (Å²) in [5.41, 5.74) is 1.38. The zero-order valence-electron chi connectivity index (χ0n) is 14.7. The van der Waals surface area contributed by atoms with Crippen LogP contribution in [0.4, 0.5) is 0 Å². The number of fused-ring (bicyclic) bond motifs is 1. The lowest BCUT2D eigenvalue weighted by molar-refractivity contribution is -0.136. The number of rotatable bonds is 2. The van der Waals surface area contributed by atoms with Gasteiger partial charge in [0.2, 0.25) is 5.91 Å². The second-order valence-electron chi connectivity index (χ2n) is 7.70. The second kappa shape index (κ2) is 6.85. The first-order valence-corrected chi connectivity index (χ1v) is 9.52. The van der Waals surface area contributed by atoms with Crippen LogP contribution in [0.2, 0.25) is 0 Å². The molecule has 0 spiro atoms. The Balaban J connectivity index is 1.52. The zero-order chi connectivity index (χ0) is 16.5. The average Bonchev–Trinajstić information content (AvgIpc) is 3.14. The molecule has 130 valence electrons. The predicted molar refractivity (Wildman–Crippen MR) is 95.7 cm³/mol. The highest BCUT2D eigenvalue weighted by molar-refractivity contribution is 5.80. The summed E-state index contributed by atoms with van der Waals surface area (Å²) in [6.45, 7) is 5.10. The van der Waals surface area contributed by atoms with Crippen molar-refractivity contribution in [1.29, 1.82) is 0 Å². The summed E-state index contributed by atoms with van der Waals surface area (Å²) < 4.78 is 0. The van der Waals surface area contributed by atoms with Gasteiger partial charge in [-0.3, -0.25) is 9.69 Å². The normalized spacial score (nSPS) is 31.9. The van der Waals surface area contributed by atoms with Crippen LogP contribution in [0.1, 0.15) is 37.3 Å². The topological polar surface area (TPSA) is 26.8 Å². The number of benzene rings is 1. The fourth-order valence-corrected chi connectivity index (χ4v) is 4.94. The maximum absolute atomic E-state index is 13.3. The zero-order valence-corrected chi connectivity index (χ0v) is 14.7. The van der Waals surface area contributed by atoms with E-state index in [1.54, 1.807) is 0 Å². The van der Waals surface area contributed by atoms with E-state index in [4.69, 9.17) is 0 Å². The number of likely N-dealkylation sites (N-methyl/N-ethyl adjacent to an activating group) is 1. The number of nitrogens with zero attached hydrogens (tertiary/aromatic N) is 3. The van der Waals surface area contributed by atoms with Crippen LogP contribution in [-0.4, -0.2) is 66.4 Å². The van der Waals surface area contributed by atoms with Crippen LogP contribution >= 0.6 is 0 Å². The summed E-state index contributed by atoms with van der Waals surface area (Å²) >= 11 is 0. The molecule has 3 aliphatic rings. The molecule has 4 nitrogen and oxygen atoms in total. The molecule has 3 aliphatic heterocycles. The van der Waals surface area contributed by atoms with Gasteiger partial charge < -0.3 is 9.80 Å². The van der Waals surface area contributed by atoms with E-state index in [0.717, 1.165) is 45.6 Å². The van der Waals surface area contributed by atoms with Crippen LogP contribution in [0.3, 0.4) is 0 Å². The van der Waals surface area contributed by atoms with Gasteiger partial charge in [0.15, 0.2) is 0 Å². The third-order valence-electron chi connectivity index (χ3n) is 6.22. The molecule has 0 saturated carbocycles. The lowest BCUT2D eigenvalue weighted by atomic mass is 9.93. The molecule has 0 aliphatic carbocycles. The minimum atomic E-state index is 0.195. The molecule has 24 heavy (non-hydrogen) atoms. The number of hydrogen-bond donors (Lipinski definition) is 0. The Morgan fingerprint density at radius 1 is 1.00 bits per heavy atom. The minimum absolute atomic E-state index is 0.195. The number of carbonyl (C=O) groups excluding carboxylic acids is 1. The quantitative estimate of drug-likeness (QED) is 0.834. The van der Waals surface area contributed by atoms with Crippen molar-refractivity contribution in [1.82, 2.24) is 14.7 Å². The lowest BCUT2D eigenvalue weighted by Crippen LogP contribution is -2.42. The van der Waals surface area contributed by atoms with Crippen LogP contribution in [0.5, 0.6) is 0 Å². The standard InChI is InChI=1S/C20H29N3O/c1-21-10-6-11-22(14-13-21)20(24)17-15-19(16-7-3-2-4-8-16)23-12-5-9-18(17)23/h2-4,7-8,17-19H,5-6,9-15H2,1H3/t17-,18+,19-/m1/s1. The van der Waals surface area contributed by atoms with Gasteiger partial charge in [-0.2, -0.15) is 0 Å². The van der Waals surface area contributed by atoms with E-state index in [-0.39, 0.29) is 5.92 Å². The molecule has 0 N–H and O–H groups in total. The molecule has 1 aromatic rings. The molecule has 0 radical (unpaired) electrons. The molecule has 3 atom stereocenters. The summed E-state index contributed by atoms with van der Waals surface area (Å²) in [4.78, 5) is 20.4. The van der Waals surface area contributed by atoms with Gasteiger partial charge >= 0.3 is 0 Å². The first-order valence-electron chi connectivity index (χ1n) is 9.52. The molecule has 3 saturated heterocycles. The maximum atomic E-state index is 13.3. The Hall–Kier alpha value is -1.39. The summed E-state index contributed by atoms with van der Waals surface area (Å²) in [5.74, 6) is 0.613. The van der Waals surface area contributed by atoms with E-state index in [1.165, 1.54) is 18.4 Å². The van der Waals surface area contributed by atoms with Gasteiger partial charge in [-0.25, -0.2) is 0 Å². The predicted octanol–water partition coefficient (Wildman–Crippen LogP) is 2.38. The number of carbonyl (C=O) groups is 1. The molecule has 3 fully saturated rings. The lowest BCUT2D eigenvalue weighted by Gasteiger charge is -2.27. The Kier molecular flexibility index (Phi) is 4.59. The van der Waals surface area contributed by atoms with E-state index in [1.807, 2.05) is 0 Å². The summed E-state index contributed by atoms with van der Waals surface area (Å²) in [6, 6.07) is 11.7.